The van der Waals surface area contributed by atoms with Gasteiger partial charge in [0, 0.05) is 17.3 Å². The minimum Gasteiger partial charge on any atom is -0.316 e. The molecule has 1 heterocycles. The van der Waals surface area contributed by atoms with Gasteiger partial charge in [0.2, 0.25) is 0 Å². The molecule has 2 aromatic rings. The third kappa shape index (κ3) is 5.42. The van der Waals surface area contributed by atoms with E-state index < -0.39 is 0 Å². The van der Waals surface area contributed by atoms with Gasteiger partial charge in [0.25, 0.3) is 0 Å². The Morgan fingerprint density at radius 3 is 2.62 bits per heavy atom. The summed E-state index contributed by atoms with van der Waals surface area (Å²) in [5.74, 6) is 0.689. The van der Waals surface area contributed by atoms with Gasteiger partial charge in [0.1, 0.15) is 5.82 Å². The average molecular weight is 326 g/mol. The van der Waals surface area contributed by atoms with E-state index in [1.165, 1.54) is 10.9 Å². The first-order valence-corrected chi connectivity index (χ1v) is 8.44. The summed E-state index contributed by atoms with van der Waals surface area (Å²) in [6, 6.07) is 10.9. The predicted molar refractivity (Wildman–Crippen MR) is 89.9 cm³/mol. The van der Waals surface area contributed by atoms with Gasteiger partial charge in [-0.1, -0.05) is 37.6 Å². The van der Waals surface area contributed by atoms with Crippen LogP contribution in [-0.2, 0) is 6.42 Å². The van der Waals surface area contributed by atoms with Gasteiger partial charge in [-0.3, -0.25) is 0 Å². The minimum absolute atomic E-state index is 0.175. The van der Waals surface area contributed by atoms with Crippen molar-refractivity contribution >= 4 is 22.9 Å². The SMILES string of the molecule is CC(C)CNCC(Cc1ccc(Cl)s1)c1cccc(F)c1. The van der Waals surface area contributed by atoms with E-state index in [0.717, 1.165) is 29.4 Å². The van der Waals surface area contributed by atoms with Crippen molar-refractivity contribution in [1.82, 2.24) is 5.32 Å². The zero-order valence-corrected chi connectivity index (χ0v) is 14.0. The number of rotatable bonds is 7. The third-order valence-corrected chi connectivity index (χ3v) is 4.59. The molecule has 0 amide bonds. The summed E-state index contributed by atoms with van der Waals surface area (Å²) in [6.45, 7) is 6.18. The number of halogens is 2. The van der Waals surface area contributed by atoms with E-state index in [1.807, 2.05) is 12.1 Å². The van der Waals surface area contributed by atoms with Crippen LogP contribution < -0.4 is 5.32 Å². The Labute approximate surface area is 135 Å². The highest BCUT2D eigenvalue weighted by atomic mass is 35.5. The van der Waals surface area contributed by atoms with Crippen LogP contribution in [-0.4, -0.2) is 13.1 Å². The monoisotopic (exact) mass is 325 g/mol. The fraction of sp³-hybridized carbons (Fsp3) is 0.412. The molecule has 0 radical (unpaired) electrons. The molecule has 0 saturated carbocycles. The predicted octanol–water partition coefficient (Wildman–Crippen LogP) is 5.11. The molecule has 4 heteroatoms. The molecule has 0 aliphatic carbocycles. The highest BCUT2D eigenvalue weighted by Gasteiger charge is 2.14. The van der Waals surface area contributed by atoms with Gasteiger partial charge in [0.05, 0.1) is 4.34 Å². The molecule has 1 atom stereocenters. The summed E-state index contributed by atoms with van der Waals surface area (Å²) in [4.78, 5) is 1.24. The zero-order valence-electron chi connectivity index (χ0n) is 12.4. The van der Waals surface area contributed by atoms with Gasteiger partial charge in [-0.15, -0.1) is 11.3 Å². The van der Waals surface area contributed by atoms with Crippen LogP contribution in [0.1, 0.15) is 30.2 Å². The molecule has 0 saturated heterocycles. The summed E-state index contributed by atoms with van der Waals surface area (Å²) in [6.07, 6.45) is 0.881. The van der Waals surface area contributed by atoms with Crippen LogP contribution in [0.3, 0.4) is 0 Å². The first-order chi connectivity index (χ1) is 10.0. The molecule has 21 heavy (non-hydrogen) atoms. The van der Waals surface area contributed by atoms with Gasteiger partial charge < -0.3 is 5.32 Å². The molecule has 0 aliphatic heterocycles. The number of benzene rings is 1. The van der Waals surface area contributed by atoms with Crippen molar-refractivity contribution < 1.29 is 4.39 Å². The van der Waals surface area contributed by atoms with Crippen LogP contribution in [0.2, 0.25) is 4.34 Å². The molecule has 1 N–H and O–H groups in total. The Kier molecular flexibility index (Phi) is 6.22. The number of nitrogens with one attached hydrogen (secondary N) is 1. The average Bonchev–Trinajstić information content (AvgIpc) is 2.83. The fourth-order valence-corrected chi connectivity index (χ4v) is 3.49. The standard InChI is InChI=1S/C17H21ClFNS/c1-12(2)10-20-11-14(9-16-6-7-17(18)21-16)13-4-3-5-15(19)8-13/h3-8,12,14,20H,9-11H2,1-2H3. The maximum absolute atomic E-state index is 13.5. The van der Waals surface area contributed by atoms with Crippen molar-refractivity contribution in [1.29, 1.82) is 0 Å². The smallest absolute Gasteiger partial charge is 0.123 e. The van der Waals surface area contributed by atoms with Crippen molar-refractivity contribution in [2.24, 2.45) is 5.92 Å². The second kappa shape index (κ2) is 7.92. The molecular weight excluding hydrogens is 305 g/mol. The van der Waals surface area contributed by atoms with Crippen molar-refractivity contribution in [3.05, 3.63) is 57.0 Å². The fourth-order valence-electron chi connectivity index (χ4n) is 2.32. The van der Waals surface area contributed by atoms with Gasteiger partial charge in [-0.2, -0.15) is 0 Å². The highest BCUT2D eigenvalue weighted by Crippen LogP contribution is 2.28. The number of hydrogen-bond donors (Lipinski definition) is 1. The van der Waals surface area contributed by atoms with Crippen molar-refractivity contribution in [3.63, 3.8) is 0 Å². The molecule has 0 aliphatic rings. The van der Waals surface area contributed by atoms with Crippen molar-refractivity contribution in [2.45, 2.75) is 26.2 Å². The van der Waals surface area contributed by atoms with Crippen molar-refractivity contribution in [3.8, 4) is 0 Å². The molecule has 2 rings (SSSR count). The molecule has 1 aromatic carbocycles. The Balaban J connectivity index is 2.09. The largest absolute Gasteiger partial charge is 0.316 e. The van der Waals surface area contributed by atoms with Crippen molar-refractivity contribution in [2.75, 3.05) is 13.1 Å². The lowest BCUT2D eigenvalue weighted by atomic mass is 9.94. The van der Waals surface area contributed by atoms with Crippen LogP contribution in [0.4, 0.5) is 4.39 Å². The lowest BCUT2D eigenvalue weighted by Gasteiger charge is -2.18. The molecule has 0 spiro atoms. The number of thiophene rings is 1. The Morgan fingerprint density at radius 2 is 2.00 bits per heavy atom. The van der Waals surface area contributed by atoms with E-state index in [2.05, 4.69) is 25.2 Å². The Morgan fingerprint density at radius 1 is 1.19 bits per heavy atom. The summed E-state index contributed by atoms with van der Waals surface area (Å²) < 4.78 is 14.3. The van der Waals surface area contributed by atoms with Crippen LogP contribution in [0.5, 0.6) is 0 Å². The summed E-state index contributed by atoms with van der Waals surface area (Å²) in [5.41, 5.74) is 1.04. The lowest BCUT2D eigenvalue weighted by Crippen LogP contribution is -2.26. The molecule has 1 nitrogen and oxygen atoms in total. The molecule has 114 valence electrons. The van der Waals surface area contributed by atoms with Crippen LogP contribution in [0, 0.1) is 11.7 Å². The van der Waals surface area contributed by atoms with Crippen LogP contribution in [0.25, 0.3) is 0 Å². The second-order valence-electron chi connectivity index (χ2n) is 5.71. The first-order valence-electron chi connectivity index (χ1n) is 7.25. The van der Waals surface area contributed by atoms with E-state index in [1.54, 1.807) is 23.5 Å². The lowest BCUT2D eigenvalue weighted by molar-refractivity contribution is 0.513. The topological polar surface area (TPSA) is 12.0 Å². The van der Waals surface area contributed by atoms with E-state index >= 15 is 0 Å². The van der Waals surface area contributed by atoms with E-state index in [-0.39, 0.29) is 11.7 Å². The van der Waals surface area contributed by atoms with E-state index in [4.69, 9.17) is 11.6 Å². The summed E-state index contributed by atoms with van der Waals surface area (Å²) in [7, 11) is 0. The maximum atomic E-state index is 13.5. The van der Waals surface area contributed by atoms with E-state index in [9.17, 15) is 4.39 Å². The van der Waals surface area contributed by atoms with Crippen LogP contribution in [0.15, 0.2) is 36.4 Å². The third-order valence-electron chi connectivity index (χ3n) is 3.34. The Bertz CT molecular complexity index is 567. The minimum atomic E-state index is -0.175. The second-order valence-corrected chi connectivity index (χ2v) is 7.51. The highest BCUT2D eigenvalue weighted by molar-refractivity contribution is 7.16. The number of hydrogen-bond acceptors (Lipinski definition) is 2. The molecular formula is C17H21ClFNS. The quantitative estimate of drug-likeness (QED) is 0.745. The zero-order chi connectivity index (χ0) is 15.2. The summed E-state index contributed by atoms with van der Waals surface area (Å²) in [5, 5.41) is 3.48. The van der Waals surface area contributed by atoms with Gasteiger partial charge in [-0.25, -0.2) is 4.39 Å². The molecule has 1 aromatic heterocycles. The summed E-state index contributed by atoms with van der Waals surface area (Å²) >= 11 is 7.60. The van der Waals surface area contributed by atoms with Gasteiger partial charge >= 0.3 is 0 Å². The van der Waals surface area contributed by atoms with E-state index in [0.29, 0.717) is 5.92 Å². The molecule has 1 unspecified atom stereocenters. The van der Waals surface area contributed by atoms with Gasteiger partial charge in [-0.05, 0) is 48.7 Å². The Hall–Kier alpha value is -0.900. The first kappa shape index (κ1) is 16.5. The maximum Gasteiger partial charge on any atom is 0.123 e. The molecule has 0 fully saturated rings. The van der Waals surface area contributed by atoms with Gasteiger partial charge in [0.15, 0.2) is 0 Å². The molecule has 0 bridgehead atoms. The van der Waals surface area contributed by atoms with Crippen LogP contribution >= 0.6 is 22.9 Å². The normalized spacial score (nSPS) is 12.8.